The Hall–Kier alpha value is -19.3. The molecule has 6 aromatic heterocycles. The lowest BCUT2D eigenvalue weighted by atomic mass is 9.77. The largest absolute Gasteiger partial charge is 0.310 e. The number of fused-ring (bicyclic) bond motifs is 24. The molecule has 20 aromatic carbocycles. The number of rotatable bonds is 15. The van der Waals surface area contributed by atoms with Crippen LogP contribution in [0.5, 0.6) is 0 Å². The Morgan fingerprint density at radius 2 is 0.560 bits per heavy atom. The summed E-state index contributed by atoms with van der Waals surface area (Å²) in [4.78, 5) is 2.31. The van der Waals surface area contributed by atoms with Gasteiger partial charge in [-0.3, -0.25) is 0 Å². The summed E-state index contributed by atoms with van der Waals surface area (Å²) in [6.45, 7) is 9.30. The number of benzene rings is 20. The number of hydrogen-bond acceptors (Lipinski definition) is 7. The van der Waals surface area contributed by atoms with Gasteiger partial charge in [-0.2, -0.15) is 31.6 Å². The fourth-order valence-electron chi connectivity index (χ4n) is 23.4. The molecule has 26 rings (SSSR count). The van der Waals surface area contributed by atoms with Crippen molar-refractivity contribution in [2.75, 3.05) is 4.90 Å². The maximum atomic E-state index is 11.8. The molecule has 0 fully saturated rings. The lowest BCUT2D eigenvalue weighted by Crippen LogP contribution is -2.21. The molecule has 658 valence electrons. The minimum atomic E-state index is -0.579. The summed E-state index contributed by atoms with van der Waals surface area (Å²) in [5.41, 5.74) is 23.3. The second-order valence-electron chi connectivity index (χ2n) is 38.4. The normalized spacial score (nSPS) is 12.0. The summed E-state index contributed by atoms with van der Waals surface area (Å²) >= 11 is 0. The third-order valence-electron chi connectivity index (χ3n) is 29.7. The second-order valence-corrected chi connectivity index (χ2v) is 38.4. The predicted molar refractivity (Wildman–Crippen MR) is 574 cm³/mol. The molecule has 13 heteroatoms. The first-order chi connectivity index (χ1) is 69.2. The molecule has 0 atom stereocenters. The highest BCUT2D eigenvalue weighted by atomic mass is 15.1. The summed E-state index contributed by atoms with van der Waals surface area (Å²) in [6, 6.07) is 153. The van der Waals surface area contributed by atoms with Crippen LogP contribution in [0.15, 0.2) is 394 Å². The van der Waals surface area contributed by atoms with Crippen molar-refractivity contribution >= 4 is 180 Å². The van der Waals surface area contributed by atoms with E-state index in [0.717, 1.165) is 202 Å². The summed E-state index contributed by atoms with van der Waals surface area (Å²) in [5, 5.41) is 88.0. The Bertz CT molecular complexity index is 10100. The van der Waals surface area contributed by atoms with Gasteiger partial charge < -0.3 is 32.3 Å². The van der Waals surface area contributed by atoms with Crippen molar-refractivity contribution in [2.45, 2.75) is 51.4 Å². The van der Waals surface area contributed by atoms with E-state index in [4.69, 9.17) is 0 Å². The van der Waals surface area contributed by atoms with Crippen molar-refractivity contribution < 1.29 is 0 Å². The Balaban J connectivity index is 0.624. The van der Waals surface area contributed by atoms with Crippen LogP contribution in [0.4, 0.5) is 17.1 Å². The Morgan fingerprint density at radius 3 is 1.02 bits per heavy atom. The van der Waals surface area contributed by atoms with Gasteiger partial charge in [0.1, 0.15) is 35.9 Å². The lowest BCUT2D eigenvalue weighted by Gasteiger charge is -2.28. The van der Waals surface area contributed by atoms with Gasteiger partial charge in [0.2, 0.25) is 0 Å². The molecule has 0 bridgehead atoms. The third kappa shape index (κ3) is 12.4. The number of hydrogen-bond donors (Lipinski definition) is 0. The van der Waals surface area contributed by atoms with Crippen LogP contribution in [0, 0.1) is 68.0 Å². The molecular weight excluding hydrogens is 1720 g/mol. The van der Waals surface area contributed by atoms with E-state index >= 15 is 0 Å². The zero-order valence-electron chi connectivity index (χ0n) is 77.3. The van der Waals surface area contributed by atoms with Gasteiger partial charge in [-0.25, -0.2) is 0 Å². The first kappa shape index (κ1) is 82.4. The summed E-state index contributed by atoms with van der Waals surface area (Å²) in [7, 11) is 0. The maximum absolute atomic E-state index is 11.8. The van der Waals surface area contributed by atoms with E-state index in [-0.39, 0.29) is 0 Å². The molecule has 6 heterocycles. The fourth-order valence-corrected chi connectivity index (χ4v) is 23.4. The molecular formula is C128H81N13. The molecule has 0 aliphatic rings. The number of para-hydroxylation sites is 6. The van der Waals surface area contributed by atoms with Gasteiger partial charge in [0, 0.05) is 81.7 Å². The minimum Gasteiger partial charge on any atom is -0.310 e. The lowest BCUT2D eigenvalue weighted by molar-refractivity contribution is 0.523. The predicted octanol–water partition coefficient (Wildman–Crippen LogP) is 31.5. The highest BCUT2D eigenvalue weighted by molar-refractivity contribution is 6.26. The summed E-state index contributed by atoms with van der Waals surface area (Å²) in [6.07, 6.45) is 1.24. The number of anilines is 3. The van der Waals surface area contributed by atoms with Crippen LogP contribution in [0.1, 0.15) is 83.3 Å². The average molecular weight is 1800 g/mol. The molecule has 0 radical (unpaired) electrons. The Labute approximate surface area is 810 Å². The molecule has 0 saturated heterocycles. The van der Waals surface area contributed by atoms with Crippen LogP contribution in [0.3, 0.4) is 0 Å². The zero-order chi connectivity index (χ0) is 95.0. The molecule has 0 amide bonds. The van der Waals surface area contributed by atoms with E-state index in [0.29, 0.717) is 80.3 Å². The van der Waals surface area contributed by atoms with Crippen LogP contribution in [0.2, 0.25) is 0 Å². The van der Waals surface area contributed by atoms with Crippen LogP contribution >= 0.6 is 0 Å². The van der Waals surface area contributed by atoms with Gasteiger partial charge in [-0.05, 0) is 236 Å². The molecule has 0 saturated carbocycles. The van der Waals surface area contributed by atoms with Crippen molar-refractivity contribution in [2.24, 2.45) is 0 Å². The molecule has 0 unspecified atom stereocenters. The molecule has 141 heavy (non-hydrogen) atoms. The number of aromatic nitrogens is 6. The van der Waals surface area contributed by atoms with Crippen molar-refractivity contribution in [3.8, 4) is 70.5 Å². The fraction of sp³-hybridized carbons (Fsp3) is 0.0625. The monoisotopic (exact) mass is 1800 g/mol. The van der Waals surface area contributed by atoms with Gasteiger partial charge in [0.25, 0.3) is 0 Å². The summed E-state index contributed by atoms with van der Waals surface area (Å²) < 4.78 is 13.2. The molecule has 0 spiro atoms. The zero-order valence-corrected chi connectivity index (χ0v) is 77.3. The highest BCUT2D eigenvalue weighted by Gasteiger charge is 2.34. The van der Waals surface area contributed by atoms with Gasteiger partial charge >= 0.3 is 0 Å². The first-order valence-corrected chi connectivity index (χ1v) is 47.5. The third-order valence-corrected chi connectivity index (χ3v) is 29.7. The smallest absolute Gasteiger partial charge is 0.104 e. The van der Waals surface area contributed by atoms with Crippen LogP contribution in [-0.4, -0.2) is 27.4 Å². The molecule has 0 aliphatic heterocycles. The Kier molecular flexibility index (Phi) is 18.5. The average Bonchev–Trinajstić information content (AvgIpc) is 1.56. The maximum Gasteiger partial charge on any atom is 0.104 e. The van der Waals surface area contributed by atoms with Crippen molar-refractivity contribution in [3.05, 3.63) is 450 Å². The van der Waals surface area contributed by atoms with Gasteiger partial charge in [0.05, 0.1) is 134 Å². The van der Waals surface area contributed by atoms with Crippen LogP contribution in [0.25, 0.3) is 197 Å². The summed E-state index contributed by atoms with van der Waals surface area (Å²) in [5.74, 6) is 0. The van der Waals surface area contributed by atoms with Crippen LogP contribution in [-0.2, 0) is 23.7 Å². The second kappa shape index (κ2) is 31.7. The van der Waals surface area contributed by atoms with Crippen molar-refractivity contribution in [1.29, 1.82) is 31.6 Å². The van der Waals surface area contributed by atoms with E-state index in [1.165, 1.54) is 0 Å². The molecule has 0 N–H and O–H groups in total. The standard InChI is InChI=1S/C128H81N13/c1-127(2,70-78-45-56-91(57-46-78)135(90-29-6-5-7-30-90)92-58-64-112-103(69-92)121-94-32-12-9-26-81(94)52-60-115(121)141(112)126-87(76-133)50-47-84(73-130)123(126)138-107-41-21-16-36-98(107)99-37-17-22-42-108(99)138)88-54-62-110-101(67-88)102-68-89(55-63-111(102)139(110)124-85(74-131)48-49-86(75-132)125(124)140-109-43-23-18-38-100(109)120-93-31-11-8-25-80(93)51-59-114(120)140)128(3,4)71-83-28-24-44-113-119(83)122-95-33-13-10-27-82(95)53-61-116(122)137(113)118-66-79(72-129)65-117(104(118)77-134)136-105-39-19-14-34-96(105)97-35-15-20-40-106(97)136/h5-69H,70-71H2,1-4H3. The van der Waals surface area contributed by atoms with Gasteiger partial charge in [-0.1, -0.05) is 264 Å². The van der Waals surface area contributed by atoms with E-state index in [9.17, 15) is 31.6 Å². The van der Waals surface area contributed by atoms with E-state index in [1.807, 2.05) is 72.8 Å². The molecule has 13 nitrogen and oxygen atoms in total. The molecule has 0 aliphatic carbocycles. The topological polar surface area (TPSA) is 176 Å². The van der Waals surface area contributed by atoms with Gasteiger partial charge in [0.15, 0.2) is 0 Å². The minimum absolute atomic E-state index is 0.405. The SMILES string of the molecule is CC(C)(Cc1ccc(N(c2ccccc2)c2ccc3c(c2)c2c4ccccc4ccc2n3-c2c(C#N)ccc(C#N)c2-n2c3ccccc3c3ccccc32)cc1)c1ccc2c(c1)c1cc(C(C)(C)Cc3cccc4c3c3c5ccccc5ccc3n4-c3cc(C#N)cc(-n4c5ccccc5c5ccccc54)c3C#N)ccc1n2-c1c(C#N)ccc(C#N)c1-n1c2ccccc2c2c3ccccc3ccc21. The Morgan fingerprint density at radius 1 is 0.227 bits per heavy atom. The van der Waals surface area contributed by atoms with Crippen molar-refractivity contribution in [1.82, 2.24) is 27.4 Å². The number of nitrogens with zero attached hydrogens (tertiary/aromatic N) is 13. The van der Waals surface area contributed by atoms with E-state index < -0.39 is 10.8 Å². The first-order valence-electron chi connectivity index (χ1n) is 47.5. The number of nitriles is 6. The highest BCUT2D eigenvalue weighted by Crippen LogP contribution is 2.51. The van der Waals surface area contributed by atoms with E-state index in [1.54, 1.807) is 24.3 Å². The van der Waals surface area contributed by atoms with Crippen molar-refractivity contribution in [3.63, 3.8) is 0 Å². The van der Waals surface area contributed by atoms with Crippen LogP contribution < -0.4 is 4.90 Å². The van der Waals surface area contributed by atoms with Gasteiger partial charge in [-0.15, -0.1) is 0 Å². The van der Waals surface area contributed by atoms with E-state index in [2.05, 4.69) is 394 Å². The quantitative estimate of drug-likeness (QED) is 0.0981. The molecule has 26 aromatic rings.